The maximum atomic E-state index is 13.2. The van der Waals surface area contributed by atoms with Gasteiger partial charge in [-0.25, -0.2) is 0 Å². The average molecular weight is 406 g/mol. The maximum Gasteiger partial charge on any atom is 0.225 e. The lowest BCUT2D eigenvalue weighted by atomic mass is 9.42. The van der Waals surface area contributed by atoms with Crippen molar-refractivity contribution in [2.75, 3.05) is 19.5 Å². The van der Waals surface area contributed by atoms with Gasteiger partial charge in [0.15, 0.2) is 0 Å². The van der Waals surface area contributed by atoms with Crippen LogP contribution in [-0.4, -0.2) is 20.1 Å². The second-order valence-electron chi connectivity index (χ2n) is 9.90. The summed E-state index contributed by atoms with van der Waals surface area (Å²) >= 11 is 0. The van der Waals surface area contributed by atoms with E-state index in [1.165, 1.54) is 37.7 Å². The first-order valence-electron chi connectivity index (χ1n) is 11.1. The highest BCUT2D eigenvalue weighted by molar-refractivity contribution is 5.93. The molecular formula is C26H31NO3. The van der Waals surface area contributed by atoms with Gasteiger partial charge in [0.25, 0.3) is 0 Å². The molecule has 30 heavy (non-hydrogen) atoms. The average Bonchev–Trinajstić information content (AvgIpc) is 2.73. The van der Waals surface area contributed by atoms with Crippen molar-refractivity contribution in [3.05, 3.63) is 54.1 Å². The number of hydrogen-bond acceptors (Lipinski definition) is 3. The second-order valence-corrected chi connectivity index (χ2v) is 9.90. The van der Waals surface area contributed by atoms with Crippen LogP contribution < -0.4 is 14.8 Å². The Balaban J connectivity index is 1.38. The fourth-order valence-electron chi connectivity index (χ4n) is 7.24. The van der Waals surface area contributed by atoms with Crippen molar-refractivity contribution in [1.82, 2.24) is 0 Å². The summed E-state index contributed by atoms with van der Waals surface area (Å²) in [7, 11) is 3.26. The monoisotopic (exact) mass is 405 g/mol. The maximum absolute atomic E-state index is 13.2. The van der Waals surface area contributed by atoms with Gasteiger partial charge in [0.05, 0.1) is 19.9 Å². The van der Waals surface area contributed by atoms with E-state index in [2.05, 4.69) is 35.6 Å². The Morgan fingerprint density at radius 1 is 1.00 bits per heavy atom. The van der Waals surface area contributed by atoms with Crippen molar-refractivity contribution >= 4 is 11.6 Å². The topological polar surface area (TPSA) is 47.6 Å². The van der Waals surface area contributed by atoms with E-state index in [0.717, 1.165) is 18.3 Å². The molecule has 4 saturated carbocycles. The zero-order valence-electron chi connectivity index (χ0n) is 17.9. The molecule has 1 amide bonds. The summed E-state index contributed by atoms with van der Waals surface area (Å²) in [6, 6.07) is 16.6. The Hall–Kier alpha value is -2.49. The van der Waals surface area contributed by atoms with Crippen LogP contribution in [0.25, 0.3) is 0 Å². The highest BCUT2D eigenvalue weighted by Crippen LogP contribution is 2.66. The van der Waals surface area contributed by atoms with Gasteiger partial charge in [-0.15, -0.1) is 0 Å². The van der Waals surface area contributed by atoms with Crippen LogP contribution in [-0.2, 0) is 10.2 Å². The fourth-order valence-corrected chi connectivity index (χ4v) is 7.24. The van der Waals surface area contributed by atoms with Gasteiger partial charge in [0.2, 0.25) is 5.91 Å². The molecule has 0 aromatic heterocycles. The third-order valence-electron chi connectivity index (χ3n) is 7.78. The number of nitrogens with one attached hydrogen (secondary N) is 1. The standard InChI is InChI=1S/C26H31NO3/c1-29-21-8-9-23(30-2)22(11-21)27-24(28)16-25-12-18-10-19(13-25)15-26(14-18,17-25)20-6-4-3-5-7-20/h3-9,11,18-19H,10,12-17H2,1-2H3,(H,27,28)/t18-,19+,25?,26?. The summed E-state index contributed by atoms with van der Waals surface area (Å²) in [5.74, 6) is 2.97. The van der Waals surface area contributed by atoms with Gasteiger partial charge in [0, 0.05) is 12.5 Å². The van der Waals surface area contributed by atoms with Gasteiger partial charge in [-0.1, -0.05) is 30.3 Å². The van der Waals surface area contributed by atoms with Crippen LogP contribution in [0, 0.1) is 17.3 Å². The first kappa shape index (κ1) is 19.5. The van der Waals surface area contributed by atoms with Crippen molar-refractivity contribution in [3.8, 4) is 11.5 Å². The van der Waals surface area contributed by atoms with Crippen LogP contribution in [0.2, 0.25) is 0 Å². The second kappa shape index (κ2) is 7.33. The largest absolute Gasteiger partial charge is 0.497 e. The molecule has 4 aliphatic rings. The van der Waals surface area contributed by atoms with Crippen LogP contribution in [0.1, 0.15) is 50.5 Å². The van der Waals surface area contributed by atoms with E-state index < -0.39 is 0 Å². The van der Waals surface area contributed by atoms with E-state index in [4.69, 9.17) is 9.47 Å². The Labute approximate surface area is 179 Å². The lowest BCUT2D eigenvalue weighted by Gasteiger charge is -2.62. The molecule has 4 fully saturated rings. The SMILES string of the molecule is COc1ccc(OC)c(NC(=O)CC23C[C@H]4C[C@@H](C2)CC(c2ccccc2)(C4)C3)c1. The van der Waals surface area contributed by atoms with Crippen molar-refractivity contribution in [2.24, 2.45) is 17.3 Å². The highest BCUT2D eigenvalue weighted by atomic mass is 16.5. The van der Waals surface area contributed by atoms with Crippen LogP contribution in [0.5, 0.6) is 11.5 Å². The van der Waals surface area contributed by atoms with Crippen LogP contribution in [0.4, 0.5) is 5.69 Å². The molecule has 4 bridgehead atoms. The predicted molar refractivity (Wildman–Crippen MR) is 118 cm³/mol. The molecule has 0 aliphatic heterocycles. The number of benzene rings is 2. The third-order valence-corrected chi connectivity index (χ3v) is 7.78. The molecule has 2 aromatic carbocycles. The molecule has 1 N–H and O–H groups in total. The number of hydrogen-bond donors (Lipinski definition) is 1. The van der Waals surface area contributed by atoms with E-state index in [9.17, 15) is 4.79 Å². The minimum absolute atomic E-state index is 0.0896. The molecule has 158 valence electrons. The molecule has 0 saturated heterocycles. The number of amides is 1. The molecule has 0 radical (unpaired) electrons. The van der Waals surface area contributed by atoms with Crippen LogP contribution >= 0.6 is 0 Å². The summed E-state index contributed by atoms with van der Waals surface area (Å²) < 4.78 is 10.8. The number of rotatable bonds is 6. The van der Waals surface area contributed by atoms with E-state index in [-0.39, 0.29) is 16.7 Å². The van der Waals surface area contributed by atoms with Gasteiger partial charge in [0.1, 0.15) is 11.5 Å². The molecule has 4 nitrogen and oxygen atoms in total. The van der Waals surface area contributed by atoms with Crippen molar-refractivity contribution < 1.29 is 14.3 Å². The van der Waals surface area contributed by atoms with Crippen LogP contribution in [0.15, 0.2) is 48.5 Å². The normalized spacial score (nSPS) is 31.4. The molecule has 4 aliphatic carbocycles. The molecule has 0 spiro atoms. The summed E-state index contributed by atoms with van der Waals surface area (Å²) in [5.41, 5.74) is 2.55. The number of carbonyl (C=O) groups excluding carboxylic acids is 1. The zero-order chi connectivity index (χ0) is 20.8. The number of ether oxygens (including phenoxy) is 2. The molecule has 2 aromatic rings. The van der Waals surface area contributed by atoms with Crippen molar-refractivity contribution in [3.63, 3.8) is 0 Å². The van der Waals surface area contributed by atoms with Gasteiger partial charge in [-0.3, -0.25) is 4.79 Å². The predicted octanol–water partition coefficient (Wildman–Crippen LogP) is 5.57. The molecule has 2 unspecified atom stereocenters. The number of anilines is 1. The van der Waals surface area contributed by atoms with Crippen molar-refractivity contribution in [1.29, 1.82) is 0 Å². The first-order valence-corrected chi connectivity index (χ1v) is 11.1. The summed E-state index contributed by atoms with van der Waals surface area (Å²) in [4.78, 5) is 13.2. The quantitative estimate of drug-likeness (QED) is 0.683. The van der Waals surface area contributed by atoms with Gasteiger partial charge >= 0.3 is 0 Å². The first-order chi connectivity index (χ1) is 14.5. The third kappa shape index (κ3) is 3.36. The zero-order valence-corrected chi connectivity index (χ0v) is 17.9. The van der Waals surface area contributed by atoms with E-state index in [0.29, 0.717) is 23.6 Å². The highest BCUT2D eigenvalue weighted by Gasteiger charge is 2.58. The van der Waals surface area contributed by atoms with E-state index >= 15 is 0 Å². The summed E-state index contributed by atoms with van der Waals surface area (Å²) in [5, 5.41) is 3.12. The van der Waals surface area contributed by atoms with Gasteiger partial charge in [-0.05, 0) is 78.9 Å². The summed E-state index contributed by atoms with van der Waals surface area (Å²) in [6.45, 7) is 0. The minimum Gasteiger partial charge on any atom is -0.497 e. The van der Waals surface area contributed by atoms with E-state index in [1.54, 1.807) is 14.2 Å². The van der Waals surface area contributed by atoms with E-state index in [1.807, 2.05) is 18.2 Å². The summed E-state index contributed by atoms with van der Waals surface area (Å²) in [6.07, 6.45) is 8.05. The Bertz CT molecular complexity index is 925. The molecule has 4 heteroatoms. The van der Waals surface area contributed by atoms with Gasteiger partial charge < -0.3 is 14.8 Å². The lowest BCUT2D eigenvalue weighted by molar-refractivity contribution is -0.126. The Morgan fingerprint density at radius 3 is 2.40 bits per heavy atom. The lowest BCUT2D eigenvalue weighted by Crippen LogP contribution is -2.54. The molecule has 0 heterocycles. The number of methoxy groups -OCH3 is 2. The molecule has 4 atom stereocenters. The minimum atomic E-state index is 0.0896. The molecular weight excluding hydrogens is 374 g/mol. The van der Waals surface area contributed by atoms with Gasteiger partial charge in [-0.2, -0.15) is 0 Å². The number of carbonyl (C=O) groups is 1. The molecule has 6 rings (SSSR count). The Kier molecular flexibility index (Phi) is 4.76. The van der Waals surface area contributed by atoms with Crippen LogP contribution in [0.3, 0.4) is 0 Å². The fraction of sp³-hybridized carbons (Fsp3) is 0.500. The smallest absolute Gasteiger partial charge is 0.225 e. The Morgan fingerprint density at radius 2 is 1.73 bits per heavy atom. The van der Waals surface area contributed by atoms with Crippen molar-refractivity contribution in [2.45, 2.75) is 50.4 Å².